The van der Waals surface area contributed by atoms with E-state index >= 15 is 0 Å². The molecule has 2 N–H and O–H groups in total. The van der Waals surface area contributed by atoms with E-state index in [1.165, 1.54) is 6.07 Å². The van der Waals surface area contributed by atoms with Gasteiger partial charge in [-0.2, -0.15) is 10.4 Å². The summed E-state index contributed by atoms with van der Waals surface area (Å²) in [6.07, 6.45) is 0. The van der Waals surface area contributed by atoms with Crippen LogP contribution in [-0.2, 0) is 0 Å². The standard InChI is InChI=1S/C11H3Cl2N3O2S/c12-3-1-4(13)10-6(8(3)17)9(18)7-11(19-10)5(2-14)15-16-7/h1,17H,(H,15,16). The van der Waals surface area contributed by atoms with E-state index in [9.17, 15) is 9.90 Å². The fourth-order valence-corrected chi connectivity index (χ4v) is 3.45. The van der Waals surface area contributed by atoms with Crippen molar-refractivity contribution < 1.29 is 5.11 Å². The third kappa shape index (κ3) is 1.60. The van der Waals surface area contributed by atoms with Crippen molar-refractivity contribution in [1.82, 2.24) is 10.2 Å². The Kier molecular flexibility index (Phi) is 2.64. The van der Waals surface area contributed by atoms with Gasteiger partial charge in [-0.3, -0.25) is 9.89 Å². The van der Waals surface area contributed by atoms with E-state index in [-0.39, 0.29) is 32.4 Å². The Labute approximate surface area is 119 Å². The number of nitrogens with one attached hydrogen (secondary N) is 1. The molecular formula is C11H3Cl2N3O2S. The zero-order valence-corrected chi connectivity index (χ0v) is 11.3. The minimum absolute atomic E-state index is 0.00109. The van der Waals surface area contributed by atoms with Gasteiger partial charge >= 0.3 is 0 Å². The molecule has 0 radical (unpaired) electrons. The maximum absolute atomic E-state index is 12.3. The molecule has 2 aromatic heterocycles. The molecule has 0 saturated carbocycles. The Morgan fingerprint density at radius 1 is 1.37 bits per heavy atom. The number of rotatable bonds is 0. The molecule has 0 amide bonds. The zero-order chi connectivity index (χ0) is 13.7. The third-order valence-corrected chi connectivity index (χ3v) is 4.57. The second kappa shape index (κ2) is 4.10. The monoisotopic (exact) mass is 311 g/mol. The molecule has 2 heterocycles. The minimum Gasteiger partial charge on any atom is -0.506 e. The average molecular weight is 312 g/mol. The summed E-state index contributed by atoms with van der Waals surface area (Å²) in [6, 6.07) is 3.24. The number of hydrogen-bond acceptors (Lipinski definition) is 5. The number of aromatic hydroxyl groups is 1. The van der Waals surface area contributed by atoms with Crippen LogP contribution < -0.4 is 5.43 Å². The number of fused-ring (bicyclic) bond motifs is 2. The topological polar surface area (TPSA) is 89.8 Å². The summed E-state index contributed by atoms with van der Waals surface area (Å²) in [4.78, 5) is 12.3. The van der Waals surface area contributed by atoms with Gasteiger partial charge < -0.3 is 5.11 Å². The van der Waals surface area contributed by atoms with Crippen LogP contribution in [0.25, 0.3) is 20.3 Å². The summed E-state index contributed by atoms with van der Waals surface area (Å²) < 4.78 is 0.780. The number of phenols is 1. The number of aromatic nitrogens is 2. The van der Waals surface area contributed by atoms with Gasteiger partial charge in [-0.1, -0.05) is 23.2 Å². The van der Waals surface area contributed by atoms with Gasteiger partial charge in [0.1, 0.15) is 17.3 Å². The normalized spacial score (nSPS) is 11.0. The number of phenolic OH excluding ortho intramolecular Hbond substituents is 1. The third-order valence-electron chi connectivity index (χ3n) is 2.65. The van der Waals surface area contributed by atoms with Gasteiger partial charge in [-0.05, 0) is 6.07 Å². The van der Waals surface area contributed by atoms with Gasteiger partial charge in [0.05, 0.1) is 24.8 Å². The highest BCUT2D eigenvalue weighted by Gasteiger charge is 2.18. The Morgan fingerprint density at radius 3 is 2.79 bits per heavy atom. The van der Waals surface area contributed by atoms with Crippen molar-refractivity contribution in [2.45, 2.75) is 0 Å². The molecule has 94 valence electrons. The Bertz CT molecular complexity index is 939. The van der Waals surface area contributed by atoms with Crippen LogP contribution in [-0.4, -0.2) is 15.3 Å². The van der Waals surface area contributed by atoms with Crippen LogP contribution >= 0.6 is 34.5 Å². The molecular weight excluding hydrogens is 309 g/mol. The quantitative estimate of drug-likeness (QED) is 0.667. The van der Waals surface area contributed by atoms with Gasteiger partial charge in [0, 0.05) is 0 Å². The lowest BCUT2D eigenvalue weighted by Crippen LogP contribution is -2.02. The molecule has 0 aliphatic heterocycles. The van der Waals surface area contributed by atoms with E-state index < -0.39 is 5.43 Å². The largest absolute Gasteiger partial charge is 0.506 e. The number of benzene rings is 1. The lowest BCUT2D eigenvalue weighted by Gasteiger charge is -2.04. The summed E-state index contributed by atoms with van der Waals surface area (Å²) >= 11 is 12.9. The highest BCUT2D eigenvalue weighted by molar-refractivity contribution is 7.25. The van der Waals surface area contributed by atoms with Crippen molar-refractivity contribution in [3.63, 3.8) is 0 Å². The SMILES string of the molecule is N#Cc1n[nH]c2c(=O)c3c(O)c(Cl)cc(Cl)c3sc12. The molecule has 19 heavy (non-hydrogen) atoms. The molecule has 0 saturated heterocycles. The minimum atomic E-state index is -0.486. The van der Waals surface area contributed by atoms with Crippen LogP contribution in [0.5, 0.6) is 5.75 Å². The summed E-state index contributed by atoms with van der Waals surface area (Å²) in [5.41, 5.74) is -0.216. The van der Waals surface area contributed by atoms with E-state index in [0.717, 1.165) is 11.3 Å². The number of aromatic amines is 1. The van der Waals surface area contributed by atoms with Crippen LogP contribution in [0.15, 0.2) is 10.9 Å². The molecule has 3 aromatic rings. The summed E-state index contributed by atoms with van der Waals surface area (Å²) in [5, 5.41) is 25.3. The second-order valence-corrected chi connectivity index (χ2v) is 5.55. The van der Waals surface area contributed by atoms with Crippen molar-refractivity contribution in [2.24, 2.45) is 0 Å². The van der Waals surface area contributed by atoms with Crippen LogP contribution in [0.4, 0.5) is 0 Å². The number of hydrogen-bond donors (Lipinski definition) is 2. The molecule has 0 fully saturated rings. The first kappa shape index (κ1) is 12.2. The summed E-state index contributed by atoms with van der Waals surface area (Å²) in [6.45, 7) is 0. The van der Waals surface area contributed by atoms with Gasteiger partial charge in [-0.15, -0.1) is 11.3 Å². The molecule has 0 aliphatic rings. The van der Waals surface area contributed by atoms with Crippen molar-refractivity contribution in [3.05, 3.63) is 32.0 Å². The van der Waals surface area contributed by atoms with E-state index in [0.29, 0.717) is 9.40 Å². The number of nitriles is 1. The predicted molar refractivity (Wildman–Crippen MR) is 74.1 cm³/mol. The smallest absolute Gasteiger partial charge is 0.217 e. The zero-order valence-electron chi connectivity index (χ0n) is 8.99. The van der Waals surface area contributed by atoms with Crippen LogP contribution in [0.2, 0.25) is 10.0 Å². The van der Waals surface area contributed by atoms with Crippen LogP contribution in [0.3, 0.4) is 0 Å². The fraction of sp³-hybridized carbons (Fsp3) is 0. The fourth-order valence-electron chi connectivity index (χ4n) is 1.79. The van der Waals surface area contributed by atoms with Gasteiger partial charge in [-0.25, -0.2) is 0 Å². The maximum atomic E-state index is 12.3. The van der Waals surface area contributed by atoms with Gasteiger partial charge in [0.15, 0.2) is 5.69 Å². The molecule has 0 bridgehead atoms. The summed E-state index contributed by atoms with van der Waals surface area (Å²) in [5.74, 6) is -0.322. The van der Waals surface area contributed by atoms with Crippen molar-refractivity contribution in [2.75, 3.05) is 0 Å². The Balaban J connectivity index is 2.68. The molecule has 0 unspecified atom stereocenters. The number of halogens is 2. The first-order chi connectivity index (χ1) is 9.04. The molecule has 0 atom stereocenters. The lowest BCUT2D eigenvalue weighted by molar-refractivity contribution is 0.482. The molecule has 1 aromatic carbocycles. The lowest BCUT2D eigenvalue weighted by atomic mass is 10.2. The average Bonchev–Trinajstić information content (AvgIpc) is 2.79. The Morgan fingerprint density at radius 2 is 2.11 bits per heavy atom. The molecule has 0 aliphatic carbocycles. The van der Waals surface area contributed by atoms with Crippen molar-refractivity contribution in [1.29, 1.82) is 5.26 Å². The number of H-pyrrole nitrogens is 1. The number of nitrogens with zero attached hydrogens (tertiary/aromatic N) is 2. The van der Waals surface area contributed by atoms with E-state index in [4.69, 9.17) is 28.5 Å². The highest BCUT2D eigenvalue weighted by atomic mass is 35.5. The van der Waals surface area contributed by atoms with Crippen LogP contribution in [0.1, 0.15) is 5.69 Å². The molecule has 3 rings (SSSR count). The highest BCUT2D eigenvalue weighted by Crippen LogP contribution is 2.39. The molecule has 5 nitrogen and oxygen atoms in total. The second-order valence-electron chi connectivity index (χ2n) is 3.71. The van der Waals surface area contributed by atoms with E-state index in [2.05, 4.69) is 10.2 Å². The first-order valence-electron chi connectivity index (χ1n) is 4.96. The van der Waals surface area contributed by atoms with Crippen molar-refractivity contribution >= 4 is 54.8 Å². The predicted octanol–water partition coefficient (Wildman–Crippen LogP) is 3.02. The van der Waals surface area contributed by atoms with E-state index in [1.807, 2.05) is 6.07 Å². The van der Waals surface area contributed by atoms with Gasteiger partial charge in [0.2, 0.25) is 5.43 Å². The molecule has 0 spiro atoms. The first-order valence-corrected chi connectivity index (χ1v) is 6.53. The maximum Gasteiger partial charge on any atom is 0.217 e. The van der Waals surface area contributed by atoms with Gasteiger partial charge in [0.25, 0.3) is 0 Å². The molecule has 8 heteroatoms. The van der Waals surface area contributed by atoms with Crippen molar-refractivity contribution in [3.8, 4) is 11.8 Å². The summed E-state index contributed by atoms with van der Waals surface area (Å²) in [7, 11) is 0. The van der Waals surface area contributed by atoms with E-state index in [1.54, 1.807) is 0 Å². The van der Waals surface area contributed by atoms with Crippen LogP contribution in [0, 0.1) is 11.3 Å². The Hall–Kier alpha value is -1.81.